The summed E-state index contributed by atoms with van der Waals surface area (Å²) in [6.45, 7) is 3.83. The fourth-order valence-electron chi connectivity index (χ4n) is 0.269. The molecule has 0 saturated heterocycles. The zero-order valence-electron chi connectivity index (χ0n) is 11.1. The Bertz CT molecular complexity index is 50.3. The van der Waals surface area contributed by atoms with E-state index in [-0.39, 0.29) is 112 Å². The number of nitrogens with two attached hydrogens (primary N) is 2. The standard InChI is InChI=1S/C4H12N3.3Na.Zn.3H/c5-1-3-7-4-2-6;;;;;;;/h3,7H,1-2,4-6H2;;;;;;;/q-1;3*+1;;3*-1. The van der Waals surface area contributed by atoms with Crippen molar-refractivity contribution in [1.82, 2.24) is 5.32 Å². The van der Waals surface area contributed by atoms with Crippen LogP contribution in [-0.4, -0.2) is 19.6 Å². The van der Waals surface area contributed by atoms with Gasteiger partial charge in [0.15, 0.2) is 0 Å². The van der Waals surface area contributed by atoms with E-state index >= 15 is 0 Å². The Balaban J connectivity index is -0.00000000857. The van der Waals surface area contributed by atoms with Gasteiger partial charge in [0.05, 0.1) is 0 Å². The third kappa shape index (κ3) is 31.7. The maximum absolute atomic E-state index is 5.15. The first-order chi connectivity index (χ1) is 3.41. The molecule has 0 aromatic heterocycles. The van der Waals surface area contributed by atoms with Crippen LogP contribution >= 0.6 is 0 Å². The fraction of sp³-hybridized carbons (Fsp3) is 0.750. The van der Waals surface area contributed by atoms with Crippen molar-refractivity contribution in [3.05, 3.63) is 6.54 Å². The summed E-state index contributed by atoms with van der Waals surface area (Å²) < 4.78 is 0. The maximum Gasteiger partial charge on any atom is 1.00 e. The fourth-order valence-corrected chi connectivity index (χ4v) is 0.269. The molecule has 0 aliphatic rings. The molecule has 0 rings (SSSR count). The molecule has 0 aromatic carbocycles. The van der Waals surface area contributed by atoms with E-state index in [1.54, 1.807) is 6.54 Å². The molecular formula is C4H15N3Na3Zn-. The molecule has 52 valence electrons. The van der Waals surface area contributed by atoms with Crippen LogP contribution in [0.1, 0.15) is 4.28 Å². The Labute approximate surface area is 153 Å². The van der Waals surface area contributed by atoms with E-state index in [4.69, 9.17) is 11.5 Å². The van der Waals surface area contributed by atoms with Crippen LogP contribution in [0, 0.1) is 6.54 Å². The van der Waals surface area contributed by atoms with E-state index in [1.807, 2.05) is 0 Å². The minimum Gasteiger partial charge on any atom is -1.00 e. The summed E-state index contributed by atoms with van der Waals surface area (Å²) in [6.07, 6.45) is 0. The molecule has 0 aliphatic heterocycles. The van der Waals surface area contributed by atoms with Crippen molar-refractivity contribution >= 4 is 0 Å². The van der Waals surface area contributed by atoms with Gasteiger partial charge in [-0.15, -0.1) is 6.54 Å². The first kappa shape index (κ1) is 29.3. The molecule has 0 amide bonds. The molecule has 7 heteroatoms. The maximum atomic E-state index is 5.15. The smallest absolute Gasteiger partial charge is 1.00 e. The van der Waals surface area contributed by atoms with Crippen molar-refractivity contribution in [2.24, 2.45) is 11.5 Å². The summed E-state index contributed by atoms with van der Waals surface area (Å²) in [6, 6.07) is 0. The Morgan fingerprint density at radius 2 is 1.64 bits per heavy atom. The summed E-state index contributed by atoms with van der Waals surface area (Å²) >= 11 is 0. The Hall–Kier alpha value is 3.50. The van der Waals surface area contributed by atoms with Gasteiger partial charge in [0.2, 0.25) is 0 Å². The van der Waals surface area contributed by atoms with Crippen molar-refractivity contribution in [3.8, 4) is 0 Å². The molecule has 11 heavy (non-hydrogen) atoms. The van der Waals surface area contributed by atoms with Gasteiger partial charge in [-0.2, -0.15) is 0 Å². The van der Waals surface area contributed by atoms with Crippen LogP contribution in [0.5, 0.6) is 0 Å². The molecule has 0 unspecified atom stereocenters. The second-order valence-corrected chi connectivity index (χ2v) is 1.18. The van der Waals surface area contributed by atoms with Gasteiger partial charge in [0.25, 0.3) is 0 Å². The van der Waals surface area contributed by atoms with Crippen molar-refractivity contribution in [2.75, 3.05) is 19.6 Å². The number of nitrogens with one attached hydrogen (secondary N) is 1. The molecule has 0 spiro atoms. The van der Waals surface area contributed by atoms with Crippen LogP contribution in [0.2, 0.25) is 0 Å². The van der Waals surface area contributed by atoms with E-state index < -0.39 is 0 Å². The van der Waals surface area contributed by atoms with Gasteiger partial charge in [-0.1, -0.05) is 0 Å². The second kappa shape index (κ2) is 29.2. The molecule has 0 atom stereocenters. The van der Waals surface area contributed by atoms with Crippen molar-refractivity contribution in [2.45, 2.75) is 0 Å². The van der Waals surface area contributed by atoms with Gasteiger partial charge in [0.1, 0.15) is 0 Å². The average Bonchev–Trinajstić information content (AvgIpc) is 1.69. The average molecular weight is 240 g/mol. The molecule has 0 radical (unpaired) electrons. The van der Waals surface area contributed by atoms with E-state index in [0.717, 1.165) is 6.54 Å². The van der Waals surface area contributed by atoms with E-state index in [0.29, 0.717) is 13.1 Å². The van der Waals surface area contributed by atoms with Crippen LogP contribution in [0.15, 0.2) is 0 Å². The van der Waals surface area contributed by atoms with Gasteiger partial charge < -0.3 is 21.1 Å². The largest absolute Gasteiger partial charge is 1.00 e. The van der Waals surface area contributed by atoms with Gasteiger partial charge >= 0.3 is 88.7 Å². The zero-order valence-corrected chi connectivity index (χ0v) is 17.0. The first-order valence-corrected chi connectivity index (χ1v) is 2.37. The molecule has 0 fully saturated rings. The predicted molar refractivity (Wildman–Crippen MR) is 33.7 cm³/mol. The van der Waals surface area contributed by atoms with E-state index in [9.17, 15) is 0 Å². The molecular weight excluding hydrogens is 224 g/mol. The van der Waals surface area contributed by atoms with Gasteiger partial charge in [0, 0.05) is 26.0 Å². The topological polar surface area (TPSA) is 64.1 Å². The summed E-state index contributed by atoms with van der Waals surface area (Å²) in [4.78, 5) is 0. The molecule has 3 nitrogen and oxygen atoms in total. The van der Waals surface area contributed by atoms with E-state index in [1.165, 1.54) is 0 Å². The van der Waals surface area contributed by atoms with Crippen LogP contribution in [-0.2, 0) is 19.5 Å². The summed E-state index contributed by atoms with van der Waals surface area (Å²) in [7, 11) is 0. The Morgan fingerprint density at radius 1 is 1.18 bits per heavy atom. The molecule has 5 N–H and O–H groups in total. The van der Waals surface area contributed by atoms with Crippen LogP contribution in [0.4, 0.5) is 0 Å². The third-order valence-electron chi connectivity index (χ3n) is 0.551. The third-order valence-corrected chi connectivity index (χ3v) is 0.551. The monoisotopic (exact) mass is 238 g/mol. The number of hydrogen-bond acceptors (Lipinski definition) is 3. The van der Waals surface area contributed by atoms with Gasteiger partial charge in [-0.3, -0.25) is 6.54 Å². The predicted octanol–water partition coefficient (Wildman–Crippen LogP) is -10.00. The van der Waals surface area contributed by atoms with Gasteiger partial charge in [-0.05, 0) is 6.54 Å². The quantitative estimate of drug-likeness (QED) is 0.259. The van der Waals surface area contributed by atoms with Crippen LogP contribution in [0.25, 0.3) is 0 Å². The van der Waals surface area contributed by atoms with Crippen molar-refractivity contribution < 1.29 is 112 Å². The summed E-state index contributed by atoms with van der Waals surface area (Å²) in [5, 5.41) is 2.91. The summed E-state index contributed by atoms with van der Waals surface area (Å²) in [5.74, 6) is 0. The Kier molecular flexibility index (Phi) is 77.7. The molecule has 0 heterocycles. The summed E-state index contributed by atoms with van der Waals surface area (Å²) in [5.41, 5.74) is 10.3. The molecule has 0 aliphatic carbocycles. The molecule has 0 saturated carbocycles. The SMILES string of the molecule is NC[CH-]NCCN.[H-].[H-].[H-].[Na+].[Na+].[Na+].[Zn]. The van der Waals surface area contributed by atoms with Crippen LogP contribution < -0.4 is 105 Å². The first-order valence-electron chi connectivity index (χ1n) is 2.37. The Morgan fingerprint density at radius 3 is 1.91 bits per heavy atom. The molecule has 0 aromatic rings. The van der Waals surface area contributed by atoms with Gasteiger partial charge in [-0.25, -0.2) is 0 Å². The van der Waals surface area contributed by atoms with E-state index in [2.05, 4.69) is 5.32 Å². The minimum atomic E-state index is 0. The number of hydrogen-bond donors (Lipinski definition) is 3. The normalized spacial score (nSPS) is 6.00. The minimum absolute atomic E-state index is 0. The van der Waals surface area contributed by atoms with Crippen LogP contribution in [0.3, 0.4) is 0 Å². The zero-order chi connectivity index (χ0) is 5.54. The molecule has 0 bridgehead atoms. The second-order valence-electron chi connectivity index (χ2n) is 1.18. The number of rotatable bonds is 4. The van der Waals surface area contributed by atoms with Crippen molar-refractivity contribution in [3.63, 3.8) is 0 Å². The van der Waals surface area contributed by atoms with Crippen molar-refractivity contribution in [1.29, 1.82) is 0 Å².